The molecule has 0 bridgehead atoms. The highest BCUT2D eigenvalue weighted by molar-refractivity contribution is 6.99. The summed E-state index contributed by atoms with van der Waals surface area (Å²) in [5.74, 6) is 1.80. The molecule has 2 aliphatic heterocycles. The lowest BCUT2D eigenvalue weighted by atomic mass is 9.34. The number of nitrogens with zero attached hydrogens (tertiary/aromatic N) is 2. The molecule has 13 rings (SSSR count). The summed E-state index contributed by atoms with van der Waals surface area (Å²) in [6, 6.07) is 69.0. The zero-order valence-electron chi connectivity index (χ0n) is 41.7. The van der Waals surface area contributed by atoms with Gasteiger partial charge in [-0.3, -0.25) is 0 Å². The molecule has 0 aliphatic carbocycles. The normalized spacial score (nSPS) is 13.3. The minimum absolute atomic E-state index is 0.00408. The summed E-state index contributed by atoms with van der Waals surface area (Å²) in [6.07, 6.45) is 0. The molecule has 0 atom stereocenters. The molecule has 0 N–H and O–H groups in total. The molecule has 9 aromatic carbocycles. The van der Waals surface area contributed by atoms with Crippen LogP contribution in [0.5, 0.6) is 11.5 Å². The molecule has 2 aromatic heterocycles. The third-order valence-corrected chi connectivity index (χ3v) is 15.5. The molecule has 2 aliphatic rings. The first-order valence-corrected chi connectivity index (χ1v) is 25.0. The van der Waals surface area contributed by atoms with E-state index in [4.69, 9.17) is 4.74 Å². The Labute approximate surface area is 411 Å². The van der Waals surface area contributed by atoms with E-state index in [0.717, 1.165) is 28.2 Å². The molecule has 0 unspecified atom stereocenters. The van der Waals surface area contributed by atoms with Crippen molar-refractivity contribution < 1.29 is 4.74 Å². The molecule has 3 nitrogen and oxygen atoms in total. The summed E-state index contributed by atoms with van der Waals surface area (Å²) in [5, 5.41) is 9.79. The number of para-hydroxylation sites is 1. The topological polar surface area (TPSA) is 19.1 Å². The molecule has 4 heteroatoms. The van der Waals surface area contributed by atoms with Gasteiger partial charge in [0.15, 0.2) is 0 Å². The highest BCUT2D eigenvalue weighted by Crippen LogP contribution is 2.42. The van der Waals surface area contributed by atoms with Gasteiger partial charge in [-0.1, -0.05) is 184 Å². The van der Waals surface area contributed by atoms with E-state index in [1.165, 1.54) is 104 Å². The second-order valence-corrected chi connectivity index (χ2v) is 23.0. The van der Waals surface area contributed by atoms with Gasteiger partial charge in [0.2, 0.25) is 0 Å². The van der Waals surface area contributed by atoms with Crippen LogP contribution in [0.15, 0.2) is 182 Å². The van der Waals surface area contributed by atoms with Gasteiger partial charge in [0.1, 0.15) is 11.5 Å². The van der Waals surface area contributed by atoms with Gasteiger partial charge in [0.25, 0.3) is 6.71 Å². The molecular formula is C66H57BN2O. The Morgan fingerprint density at radius 3 is 1.51 bits per heavy atom. The van der Waals surface area contributed by atoms with Crippen LogP contribution in [0.4, 0.5) is 0 Å². The Balaban J connectivity index is 1.19. The number of hydrogen-bond donors (Lipinski definition) is 0. The molecule has 11 aromatic rings. The van der Waals surface area contributed by atoms with Crippen LogP contribution >= 0.6 is 0 Å². The van der Waals surface area contributed by atoms with Gasteiger partial charge in [-0.05, 0) is 143 Å². The summed E-state index contributed by atoms with van der Waals surface area (Å²) in [6.45, 7) is 20.7. The van der Waals surface area contributed by atoms with Crippen molar-refractivity contribution in [3.63, 3.8) is 0 Å². The van der Waals surface area contributed by atoms with E-state index in [9.17, 15) is 0 Å². The van der Waals surface area contributed by atoms with E-state index in [1.807, 2.05) is 0 Å². The molecule has 0 fully saturated rings. The number of fused-ring (bicyclic) bond motifs is 15. The van der Waals surface area contributed by atoms with Crippen molar-refractivity contribution in [2.24, 2.45) is 0 Å². The van der Waals surface area contributed by atoms with Gasteiger partial charge in [0.05, 0.1) is 22.1 Å². The van der Waals surface area contributed by atoms with Crippen molar-refractivity contribution in [1.29, 1.82) is 0 Å². The molecule has 0 radical (unpaired) electrons. The van der Waals surface area contributed by atoms with Crippen molar-refractivity contribution in [2.75, 3.05) is 0 Å². The van der Waals surface area contributed by atoms with Crippen molar-refractivity contribution in [3.8, 4) is 34.0 Å². The molecular weight excluding hydrogens is 848 g/mol. The molecule has 340 valence electrons. The van der Waals surface area contributed by atoms with Crippen LogP contribution in [0, 0.1) is 0 Å². The number of ether oxygens (including phenoxy) is 1. The van der Waals surface area contributed by atoms with E-state index in [0.29, 0.717) is 0 Å². The van der Waals surface area contributed by atoms with E-state index >= 15 is 0 Å². The Bertz CT molecular complexity index is 4040. The lowest BCUT2D eigenvalue weighted by Gasteiger charge is -2.35. The van der Waals surface area contributed by atoms with Gasteiger partial charge in [-0.25, -0.2) is 0 Å². The predicted octanol–water partition coefficient (Wildman–Crippen LogP) is 15.8. The summed E-state index contributed by atoms with van der Waals surface area (Å²) >= 11 is 0. The van der Waals surface area contributed by atoms with Crippen molar-refractivity contribution >= 4 is 88.3 Å². The monoisotopic (exact) mass is 904 g/mol. The average molecular weight is 905 g/mol. The van der Waals surface area contributed by atoms with Crippen LogP contribution < -0.4 is 21.1 Å². The standard InChI is InChI=1S/C66H57BN2O/c1-64(2,3)42-18-16-17-40(35-42)41-25-33-60-55(36-41)67-54-30-28-45(68-57-31-26-43(65(4,5)6)37-52(57)53-38-44(66(7,8)9)27-32-58(53)68)39-59(54)69-56-24-15-14-23-50(56)48-21-12-10-19-46(48)47-20-11-13-22-49(47)51-29-34-61(70-60)62(67)63(51)69/h10-39H,1-9H3. The van der Waals surface area contributed by atoms with Crippen molar-refractivity contribution in [2.45, 2.75) is 78.6 Å². The fourth-order valence-corrected chi connectivity index (χ4v) is 11.7. The number of aromatic nitrogens is 2. The first-order valence-electron chi connectivity index (χ1n) is 25.0. The first kappa shape index (κ1) is 42.5. The van der Waals surface area contributed by atoms with Crippen LogP contribution in [-0.4, -0.2) is 15.8 Å². The number of hydrogen-bond acceptors (Lipinski definition) is 1. The second-order valence-electron chi connectivity index (χ2n) is 23.0. The average Bonchev–Trinajstić information content (AvgIpc) is 3.70. The smallest absolute Gasteiger partial charge is 0.256 e. The minimum Gasteiger partial charge on any atom is -0.458 e. The second kappa shape index (κ2) is 15.0. The van der Waals surface area contributed by atoms with Gasteiger partial charge in [-0.15, -0.1) is 0 Å². The summed E-state index contributed by atoms with van der Waals surface area (Å²) in [7, 11) is 0. The minimum atomic E-state index is -0.107. The third-order valence-electron chi connectivity index (χ3n) is 15.5. The van der Waals surface area contributed by atoms with Crippen LogP contribution in [0.2, 0.25) is 0 Å². The van der Waals surface area contributed by atoms with E-state index in [2.05, 4.69) is 253 Å². The summed E-state index contributed by atoms with van der Waals surface area (Å²) in [4.78, 5) is 0. The zero-order valence-corrected chi connectivity index (χ0v) is 41.7. The summed E-state index contributed by atoms with van der Waals surface area (Å²) < 4.78 is 12.2. The van der Waals surface area contributed by atoms with E-state index in [1.54, 1.807) is 0 Å². The first-order chi connectivity index (χ1) is 33.6. The zero-order chi connectivity index (χ0) is 48.0. The van der Waals surface area contributed by atoms with Crippen LogP contribution in [0.25, 0.3) is 87.7 Å². The summed E-state index contributed by atoms with van der Waals surface area (Å²) in [5.41, 5.74) is 17.1. The highest BCUT2D eigenvalue weighted by atomic mass is 16.5. The predicted molar refractivity (Wildman–Crippen MR) is 300 cm³/mol. The van der Waals surface area contributed by atoms with Crippen molar-refractivity contribution in [3.05, 3.63) is 199 Å². The maximum absolute atomic E-state index is 7.14. The Kier molecular flexibility index (Phi) is 9.10. The van der Waals surface area contributed by atoms with Crippen molar-refractivity contribution in [1.82, 2.24) is 9.13 Å². The molecule has 0 amide bonds. The lowest BCUT2D eigenvalue weighted by Crippen LogP contribution is -2.58. The third kappa shape index (κ3) is 6.42. The molecule has 0 saturated heterocycles. The largest absolute Gasteiger partial charge is 0.458 e. The fourth-order valence-electron chi connectivity index (χ4n) is 11.7. The molecule has 0 spiro atoms. The van der Waals surface area contributed by atoms with Crippen LogP contribution in [0.1, 0.15) is 79.0 Å². The van der Waals surface area contributed by atoms with Crippen LogP contribution in [0.3, 0.4) is 0 Å². The fraction of sp³-hybridized carbons (Fsp3) is 0.182. The SMILES string of the molecule is CC(C)(C)c1cccc(-c2ccc3c(c2)B2c4ccc(-n5c6ccc(C(C)(C)C)cc6c6cc(C(C)(C)C)ccc65)cc4-n4c5ccccc5c5ccccc5c5ccccc5c5ccc(c2c54)O3)c1. The van der Waals surface area contributed by atoms with Gasteiger partial charge in [-0.2, -0.15) is 0 Å². The van der Waals surface area contributed by atoms with Gasteiger partial charge in [0, 0.05) is 32.9 Å². The van der Waals surface area contributed by atoms with Gasteiger partial charge >= 0.3 is 0 Å². The van der Waals surface area contributed by atoms with E-state index < -0.39 is 0 Å². The Hall–Kier alpha value is -7.56. The molecule has 70 heavy (non-hydrogen) atoms. The quantitative estimate of drug-likeness (QED) is 0.158. The Morgan fingerprint density at radius 1 is 0.357 bits per heavy atom. The molecule has 0 saturated carbocycles. The lowest BCUT2D eigenvalue weighted by molar-refractivity contribution is 0.488. The highest BCUT2D eigenvalue weighted by Gasteiger charge is 2.40. The number of benzene rings is 9. The maximum atomic E-state index is 7.14. The van der Waals surface area contributed by atoms with E-state index in [-0.39, 0.29) is 23.0 Å². The Morgan fingerprint density at radius 2 is 0.886 bits per heavy atom. The van der Waals surface area contributed by atoms with Gasteiger partial charge < -0.3 is 13.9 Å². The van der Waals surface area contributed by atoms with Crippen LogP contribution in [-0.2, 0) is 16.2 Å². The number of rotatable bonds is 2. The molecule has 4 heterocycles. The maximum Gasteiger partial charge on any atom is 0.256 e.